The number of rotatable bonds is 16. The SMILES string of the molecule is CCCCCCC(CCCO[Si](C)(C)C(C)(C)C)OC(=O)NCCN(CC)CC. The van der Waals surface area contributed by atoms with Crippen molar-refractivity contribution in [1.29, 1.82) is 0 Å². The number of alkyl carbamates (subject to hydrolysis) is 1. The van der Waals surface area contributed by atoms with Crippen LogP contribution in [0.25, 0.3) is 0 Å². The minimum atomic E-state index is -1.71. The van der Waals surface area contributed by atoms with Gasteiger partial charge in [-0.3, -0.25) is 0 Å². The third-order valence-electron chi connectivity index (χ3n) is 6.18. The topological polar surface area (TPSA) is 50.8 Å². The van der Waals surface area contributed by atoms with Gasteiger partial charge in [-0.05, 0) is 56.9 Å². The van der Waals surface area contributed by atoms with E-state index in [1.54, 1.807) is 0 Å². The summed E-state index contributed by atoms with van der Waals surface area (Å²) in [4.78, 5) is 14.5. The number of ether oxygens (including phenoxy) is 1. The number of amides is 1. The van der Waals surface area contributed by atoms with Gasteiger partial charge in [-0.15, -0.1) is 0 Å². The smallest absolute Gasteiger partial charge is 0.407 e. The molecule has 0 spiro atoms. The van der Waals surface area contributed by atoms with E-state index in [1.165, 1.54) is 19.3 Å². The molecule has 0 aromatic heterocycles. The van der Waals surface area contributed by atoms with Crippen molar-refractivity contribution >= 4 is 14.4 Å². The Morgan fingerprint density at radius 1 is 1.00 bits per heavy atom. The molecular weight excluding hydrogens is 380 g/mol. The van der Waals surface area contributed by atoms with Crippen molar-refractivity contribution in [2.24, 2.45) is 0 Å². The summed E-state index contributed by atoms with van der Waals surface area (Å²) in [5.74, 6) is 0. The monoisotopic (exact) mass is 430 g/mol. The Bertz CT molecular complexity index is 421. The third kappa shape index (κ3) is 13.3. The quantitative estimate of drug-likeness (QED) is 0.234. The van der Waals surface area contributed by atoms with E-state index in [9.17, 15) is 4.79 Å². The van der Waals surface area contributed by atoms with E-state index in [4.69, 9.17) is 9.16 Å². The molecule has 0 rings (SSSR count). The van der Waals surface area contributed by atoms with E-state index in [0.717, 1.165) is 51.9 Å². The standard InChI is InChI=1S/C23H50N2O3Si/c1-9-12-13-14-16-21(17-15-20-27-29(7,8)23(4,5)6)28-22(26)24-18-19-25(10-2)11-3/h21H,9-20H2,1-8H3,(H,24,26). The van der Waals surface area contributed by atoms with Gasteiger partial charge in [0, 0.05) is 19.7 Å². The summed E-state index contributed by atoms with van der Waals surface area (Å²) in [7, 11) is -1.71. The van der Waals surface area contributed by atoms with Crippen LogP contribution in [0.5, 0.6) is 0 Å². The van der Waals surface area contributed by atoms with Gasteiger partial charge >= 0.3 is 6.09 Å². The molecule has 0 bridgehead atoms. The molecule has 0 aliphatic rings. The number of nitrogens with zero attached hydrogens (tertiary/aromatic N) is 1. The molecule has 6 heteroatoms. The lowest BCUT2D eigenvalue weighted by Crippen LogP contribution is -2.41. The molecule has 0 aromatic carbocycles. The van der Waals surface area contributed by atoms with Gasteiger partial charge in [-0.25, -0.2) is 4.79 Å². The van der Waals surface area contributed by atoms with Gasteiger partial charge in [-0.2, -0.15) is 0 Å². The van der Waals surface area contributed by atoms with Crippen molar-refractivity contribution in [3.63, 3.8) is 0 Å². The fraction of sp³-hybridized carbons (Fsp3) is 0.957. The average molecular weight is 431 g/mol. The molecule has 1 atom stereocenters. The predicted octanol–water partition coefficient (Wildman–Crippen LogP) is 6.20. The van der Waals surface area contributed by atoms with E-state index in [1.807, 2.05) is 0 Å². The summed E-state index contributed by atoms with van der Waals surface area (Å²) in [5, 5.41) is 3.15. The minimum Gasteiger partial charge on any atom is -0.446 e. The van der Waals surface area contributed by atoms with E-state index >= 15 is 0 Å². The van der Waals surface area contributed by atoms with Crippen LogP contribution in [0.1, 0.15) is 86.5 Å². The number of likely N-dealkylation sites (N-methyl/N-ethyl adjacent to an activating group) is 1. The van der Waals surface area contributed by atoms with Crippen LogP contribution < -0.4 is 5.32 Å². The number of hydrogen-bond donors (Lipinski definition) is 1. The first-order valence-electron chi connectivity index (χ1n) is 11.9. The molecule has 174 valence electrons. The molecule has 0 saturated carbocycles. The normalized spacial score (nSPS) is 13.6. The molecule has 1 N–H and O–H groups in total. The number of unbranched alkanes of at least 4 members (excludes halogenated alkanes) is 3. The Hall–Kier alpha value is -0.593. The summed E-state index contributed by atoms with van der Waals surface area (Å²) in [6, 6.07) is 0. The highest BCUT2D eigenvalue weighted by Gasteiger charge is 2.36. The Morgan fingerprint density at radius 2 is 1.62 bits per heavy atom. The van der Waals surface area contributed by atoms with E-state index in [-0.39, 0.29) is 17.2 Å². The van der Waals surface area contributed by atoms with Gasteiger partial charge in [0.1, 0.15) is 6.10 Å². The second-order valence-electron chi connectivity index (χ2n) is 9.58. The highest BCUT2D eigenvalue weighted by atomic mass is 28.4. The molecule has 29 heavy (non-hydrogen) atoms. The maximum absolute atomic E-state index is 12.2. The lowest BCUT2D eigenvalue weighted by atomic mass is 10.1. The molecule has 0 radical (unpaired) electrons. The molecule has 0 aliphatic heterocycles. The zero-order chi connectivity index (χ0) is 22.3. The number of hydrogen-bond acceptors (Lipinski definition) is 4. The first kappa shape index (κ1) is 28.4. The molecule has 0 saturated heterocycles. The van der Waals surface area contributed by atoms with Gasteiger partial charge in [0.15, 0.2) is 8.32 Å². The summed E-state index contributed by atoms with van der Waals surface area (Å²) in [6.07, 6.45) is 7.28. The molecule has 0 fully saturated rings. The van der Waals surface area contributed by atoms with Gasteiger partial charge in [0.05, 0.1) is 0 Å². The van der Waals surface area contributed by atoms with Gasteiger partial charge in [0.25, 0.3) is 0 Å². The van der Waals surface area contributed by atoms with E-state index in [0.29, 0.717) is 6.54 Å². The van der Waals surface area contributed by atoms with Gasteiger partial charge in [0.2, 0.25) is 0 Å². The largest absolute Gasteiger partial charge is 0.446 e. The maximum atomic E-state index is 12.2. The third-order valence-corrected chi connectivity index (χ3v) is 10.7. The second-order valence-corrected chi connectivity index (χ2v) is 14.4. The van der Waals surface area contributed by atoms with Crippen molar-refractivity contribution in [2.75, 3.05) is 32.8 Å². The first-order valence-corrected chi connectivity index (χ1v) is 14.8. The van der Waals surface area contributed by atoms with Crippen molar-refractivity contribution in [3.8, 4) is 0 Å². The van der Waals surface area contributed by atoms with E-state index in [2.05, 4.69) is 64.9 Å². The first-order chi connectivity index (χ1) is 13.6. The zero-order valence-corrected chi connectivity index (χ0v) is 21.7. The Morgan fingerprint density at radius 3 is 2.17 bits per heavy atom. The summed E-state index contributed by atoms with van der Waals surface area (Å²) >= 11 is 0. The molecule has 0 aliphatic carbocycles. The number of carbonyl (C=O) groups excluding carboxylic acids is 1. The van der Waals surface area contributed by atoms with E-state index < -0.39 is 8.32 Å². The summed E-state index contributed by atoms with van der Waals surface area (Å²) < 4.78 is 12.1. The molecule has 0 heterocycles. The fourth-order valence-corrected chi connectivity index (χ4v) is 4.05. The minimum absolute atomic E-state index is 0.0108. The average Bonchev–Trinajstić information content (AvgIpc) is 2.64. The van der Waals surface area contributed by atoms with Crippen LogP contribution in [-0.2, 0) is 9.16 Å². The van der Waals surface area contributed by atoms with Crippen LogP contribution in [0.15, 0.2) is 0 Å². The molecule has 0 aromatic rings. The molecular formula is C23H50N2O3Si. The van der Waals surface area contributed by atoms with Crippen molar-refractivity contribution in [3.05, 3.63) is 0 Å². The van der Waals surface area contributed by atoms with Crippen LogP contribution in [-0.4, -0.2) is 58.2 Å². The fourth-order valence-electron chi connectivity index (χ4n) is 2.96. The van der Waals surface area contributed by atoms with Gasteiger partial charge in [-0.1, -0.05) is 60.8 Å². The van der Waals surface area contributed by atoms with Crippen LogP contribution in [0, 0.1) is 0 Å². The van der Waals surface area contributed by atoms with Crippen LogP contribution >= 0.6 is 0 Å². The Labute approximate surface area is 182 Å². The van der Waals surface area contributed by atoms with Crippen LogP contribution in [0.2, 0.25) is 18.1 Å². The predicted molar refractivity (Wildman–Crippen MR) is 127 cm³/mol. The number of carbonyl (C=O) groups is 1. The van der Waals surface area contributed by atoms with Crippen molar-refractivity contribution in [2.45, 2.75) is 111 Å². The van der Waals surface area contributed by atoms with Crippen molar-refractivity contribution in [1.82, 2.24) is 10.2 Å². The highest BCUT2D eigenvalue weighted by Crippen LogP contribution is 2.36. The lowest BCUT2D eigenvalue weighted by molar-refractivity contribution is 0.0806. The second kappa shape index (κ2) is 15.2. The molecule has 1 unspecified atom stereocenters. The number of nitrogens with one attached hydrogen (secondary N) is 1. The zero-order valence-electron chi connectivity index (χ0n) is 20.7. The van der Waals surface area contributed by atoms with Crippen LogP contribution in [0.3, 0.4) is 0 Å². The van der Waals surface area contributed by atoms with Crippen molar-refractivity contribution < 1.29 is 14.0 Å². The Balaban J connectivity index is 4.41. The summed E-state index contributed by atoms with van der Waals surface area (Å²) in [6.45, 7) is 22.1. The van der Waals surface area contributed by atoms with Gasteiger partial charge < -0.3 is 19.4 Å². The summed E-state index contributed by atoms with van der Waals surface area (Å²) in [5.41, 5.74) is 0. The Kier molecular flexibility index (Phi) is 14.9. The van der Waals surface area contributed by atoms with Crippen LogP contribution in [0.4, 0.5) is 4.79 Å². The molecule has 5 nitrogen and oxygen atoms in total. The lowest BCUT2D eigenvalue weighted by Gasteiger charge is -2.36. The molecule has 1 amide bonds. The maximum Gasteiger partial charge on any atom is 0.407 e. The highest BCUT2D eigenvalue weighted by molar-refractivity contribution is 6.74.